The molecular weight excluding hydrogens is 572 g/mol. The van der Waals surface area contributed by atoms with E-state index in [1.165, 1.54) is 23.0 Å². The van der Waals surface area contributed by atoms with Crippen LogP contribution in [0.3, 0.4) is 0 Å². The average molecular weight is 612 g/mol. The number of benzene rings is 1. The second kappa shape index (κ2) is 14.3. The number of nitrogens with zero attached hydrogens (tertiary/aromatic N) is 4. The molecule has 0 aliphatic carbocycles. The Hall–Kier alpha value is -4.55. The van der Waals surface area contributed by atoms with Crippen molar-refractivity contribution in [2.45, 2.75) is 58.1 Å². The number of ether oxygens (including phenoxy) is 1. The van der Waals surface area contributed by atoms with E-state index >= 15 is 4.39 Å². The molecule has 1 aliphatic heterocycles. The van der Waals surface area contributed by atoms with Gasteiger partial charge in [0.15, 0.2) is 5.82 Å². The number of pyridine rings is 1. The van der Waals surface area contributed by atoms with Crippen LogP contribution in [0.5, 0.6) is 0 Å². The van der Waals surface area contributed by atoms with Gasteiger partial charge in [-0.2, -0.15) is 5.10 Å². The quantitative estimate of drug-likeness (QED) is 0.264. The molecular formula is C31H39F2N7O4. The molecule has 1 aromatic carbocycles. The SMILES string of the molecule is Cn1cc(-c2nc(NCCc3cccc(F)c3)c(C(=O)NC[C@H]3CCN3C(=O)CCCNC(=O)OC(C)(C)C)cc2F)cn1. The van der Waals surface area contributed by atoms with Crippen molar-refractivity contribution in [3.05, 3.63) is 65.5 Å². The van der Waals surface area contributed by atoms with Gasteiger partial charge in [-0.3, -0.25) is 14.3 Å². The molecule has 236 valence electrons. The minimum atomic E-state index is -0.681. The van der Waals surface area contributed by atoms with Crippen LogP contribution < -0.4 is 16.0 Å². The first-order valence-corrected chi connectivity index (χ1v) is 14.6. The van der Waals surface area contributed by atoms with Crippen molar-refractivity contribution >= 4 is 23.7 Å². The van der Waals surface area contributed by atoms with E-state index in [4.69, 9.17) is 4.74 Å². The fraction of sp³-hybridized carbons (Fsp3) is 0.452. The van der Waals surface area contributed by atoms with E-state index < -0.39 is 23.4 Å². The van der Waals surface area contributed by atoms with Gasteiger partial charge >= 0.3 is 6.09 Å². The van der Waals surface area contributed by atoms with Gasteiger partial charge in [0.25, 0.3) is 5.91 Å². The summed E-state index contributed by atoms with van der Waals surface area (Å²) < 4.78 is 35.5. The van der Waals surface area contributed by atoms with Gasteiger partial charge < -0.3 is 25.6 Å². The molecule has 0 spiro atoms. The van der Waals surface area contributed by atoms with Gasteiger partial charge in [0.05, 0.1) is 17.8 Å². The number of rotatable bonds is 12. The summed E-state index contributed by atoms with van der Waals surface area (Å²) in [6.45, 7) is 6.71. The van der Waals surface area contributed by atoms with Gasteiger partial charge in [0.2, 0.25) is 5.91 Å². The first-order chi connectivity index (χ1) is 20.9. The van der Waals surface area contributed by atoms with E-state index in [-0.39, 0.29) is 47.8 Å². The normalized spacial score (nSPS) is 14.5. The van der Waals surface area contributed by atoms with Crippen molar-refractivity contribution in [3.63, 3.8) is 0 Å². The molecule has 13 heteroatoms. The number of likely N-dealkylation sites (tertiary alicyclic amines) is 1. The maximum atomic E-state index is 15.2. The third-order valence-corrected chi connectivity index (χ3v) is 6.99. The smallest absolute Gasteiger partial charge is 0.407 e. The summed E-state index contributed by atoms with van der Waals surface area (Å²) in [5, 5.41) is 12.6. The zero-order chi connectivity index (χ0) is 31.9. The highest BCUT2D eigenvalue weighted by Crippen LogP contribution is 2.26. The summed E-state index contributed by atoms with van der Waals surface area (Å²) in [4.78, 5) is 43.9. The molecule has 1 atom stereocenters. The number of hydrogen-bond donors (Lipinski definition) is 3. The summed E-state index contributed by atoms with van der Waals surface area (Å²) in [7, 11) is 1.71. The molecule has 3 N–H and O–H groups in total. The fourth-order valence-corrected chi connectivity index (χ4v) is 4.74. The van der Waals surface area contributed by atoms with Crippen molar-refractivity contribution < 1.29 is 27.9 Å². The topological polar surface area (TPSA) is 130 Å². The number of aromatic nitrogens is 3. The van der Waals surface area contributed by atoms with Crippen molar-refractivity contribution in [3.8, 4) is 11.3 Å². The predicted molar refractivity (Wildman–Crippen MR) is 161 cm³/mol. The lowest BCUT2D eigenvalue weighted by molar-refractivity contribution is -0.138. The lowest BCUT2D eigenvalue weighted by Gasteiger charge is -2.41. The van der Waals surface area contributed by atoms with E-state index in [9.17, 15) is 18.8 Å². The highest BCUT2D eigenvalue weighted by Gasteiger charge is 2.32. The van der Waals surface area contributed by atoms with Crippen LogP contribution >= 0.6 is 0 Å². The maximum absolute atomic E-state index is 15.2. The lowest BCUT2D eigenvalue weighted by Crippen LogP contribution is -2.56. The first kappa shape index (κ1) is 32.4. The van der Waals surface area contributed by atoms with E-state index in [1.807, 2.05) is 0 Å². The van der Waals surface area contributed by atoms with Gasteiger partial charge in [-0.1, -0.05) is 12.1 Å². The Morgan fingerprint density at radius 3 is 2.57 bits per heavy atom. The summed E-state index contributed by atoms with van der Waals surface area (Å²) >= 11 is 0. The zero-order valence-corrected chi connectivity index (χ0v) is 25.5. The van der Waals surface area contributed by atoms with Crippen LogP contribution in [0.25, 0.3) is 11.3 Å². The number of alkyl carbamates (subject to hydrolysis) is 1. The summed E-state index contributed by atoms with van der Waals surface area (Å²) in [5.74, 6) is -1.46. The highest BCUT2D eigenvalue weighted by atomic mass is 19.1. The number of carbonyl (C=O) groups excluding carboxylic acids is 3. The molecule has 1 aliphatic rings. The predicted octanol–water partition coefficient (Wildman–Crippen LogP) is 4.05. The van der Waals surface area contributed by atoms with Crippen LogP contribution in [-0.2, 0) is 23.0 Å². The lowest BCUT2D eigenvalue weighted by atomic mass is 10.0. The number of aryl methyl sites for hydroxylation is 1. The molecule has 0 unspecified atom stereocenters. The first-order valence-electron chi connectivity index (χ1n) is 14.6. The molecule has 44 heavy (non-hydrogen) atoms. The molecule has 3 heterocycles. The standard InChI is InChI=1S/C31H39F2N7O4/c1-31(2,3)44-30(43)35-12-6-9-26(41)40-14-11-23(40)18-36-29(42)24-16-25(33)27(21-17-37-39(4)19-21)38-28(24)34-13-10-20-7-5-8-22(32)15-20/h5,7-8,15-17,19,23H,6,9-14,18H2,1-4H3,(H,34,38)(H,35,43)(H,36,42)/t23-/m1/s1. The molecule has 11 nitrogen and oxygen atoms in total. The molecule has 1 saturated heterocycles. The minimum Gasteiger partial charge on any atom is -0.444 e. The number of anilines is 1. The second-order valence-electron chi connectivity index (χ2n) is 11.7. The van der Waals surface area contributed by atoms with E-state index in [1.54, 1.807) is 51.0 Å². The molecule has 4 rings (SSSR count). The number of nitrogens with one attached hydrogen (secondary N) is 3. The van der Waals surface area contributed by atoms with Gasteiger partial charge in [0, 0.05) is 51.4 Å². The van der Waals surface area contributed by atoms with Crippen molar-refractivity contribution in [1.29, 1.82) is 0 Å². The van der Waals surface area contributed by atoms with E-state index in [2.05, 4.69) is 26.0 Å². The Bertz CT molecular complexity index is 1490. The van der Waals surface area contributed by atoms with Crippen LogP contribution in [0.4, 0.5) is 19.4 Å². The molecule has 0 bridgehead atoms. The number of amides is 3. The summed E-state index contributed by atoms with van der Waals surface area (Å²) in [5.41, 5.74) is 0.668. The third kappa shape index (κ3) is 8.98. The van der Waals surface area contributed by atoms with Crippen LogP contribution in [0, 0.1) is 11.6 Å². The Kier molecular flexibility index (Phi) is 10.5. The Morgan fingerprint density at radius 2 is 1.91 bits per heavy atom. The monoisotopic (exact) mass is 611 g/mol. The Labute approximate surface area is 255 Å². The van der Waals surface area contributed by atoms with Gasteiger partial charge in [0.1, 0.15) is 22.9 Å². The van der Waals surface area contributed by atoms with Crippen molar-refractivity contribution in [2.24, 2.45) is 7.05 Å². The van der Waals surface area contributed by atoms with Crippen LogP contribution in [0.15, 0.2) is 42.7 Å². The van der Waals surface area contributed by atoms with E-state index in [0.29, 0.717) is 44.5 Å². The largest absolute Gasteiger partial charge is 0.444 e. The molecule has 0 saturated carbocycles. The Morgan fingerprint density at radius 1 is 1.11 bits per heavy atom. The summed E-state index contributed by atoms with van der Waals surface area (Å²) in [6, 6.07) is 7.15. The van der Waals surface area contributed by atoms with Gasteiger partial charge in [-0.15, -0.1) is 0 Å². The van der Waals surface area contributed by atoms with Gasteiger partial charge in [-0.25, -0.2) is 18.6 Å². The number of hydrogen-bond acceptors (Lipinski definition) is 7. The number of halogens is 2. The summed E-state index contributed by atoms with van der Waals surface area (Å²) in [6.07, 6.45) is 4.43. The minimum absolute atomic E-state index is 0.0137. The third-order valence-electron chi connectivity index (χ3n) is 6.99. The second-order valence-corrected chi connectivity index (χ2v) is 11.7. The fourth-order valence-electron chi connectivity index (χ4n) is 4.74. The van der Waals surface area contributed by atoms with Gasteiger partial charge in [-0.05, 0) is 63.8 Å². The van der Waals surface area contributed by atoms with Crippen LogP contribution in [-0.4, -0.2) is 75.4 Å². The van der Waals surface area contributed by atoms with Crippen LogP contribution in [0.2, 0.25) is 0 Å². The van der Waals surface area contributed by atoms with Crippen LogP contribution in [0.1, 0.15) is 56.0 Å². The molecule has 3 amide bonds. The van der Waals surface area contributed by atoms with E-state index in [0.717, 1.165) is 11.6 Å². The maximum Gasteiger partial charge on any atom is 0.407 e. The van der Waals surface area contributed by atoms with Crippen molar-refractivity contribution in [2.75, 3.05) is 31.5 Å². The highest BCUT2D eigenvalue weighted by molar-refractivity contribution is 5.99. The zero-order valence-electron chi connectivity index (χ0n) is 25.5. The average Bonchev–Trinajstić information content (AvgIpc) is 3.36. The molecule has 1 fully saturated rings. The molecule has 3 aromatic rings. The molecule has 2 aromatic heterocycles. The van der Waals surface area contributed by atoms with Crippen molar-refractivity contribution in [1.82, 2.24) is 30.3 Å². The Balaban J connectivity index is 1.35. The number of carbonyl (C=O) groups is 3. The molecule has 0 radical (unpaired) electrons.